The second-order valence-electron chi connectivity index (χ2n) is 22.3. The van der Waals surface area contributed by atoms with Gasteiger partial charge in [-0.3, -0.25) is 4.79 Å². The van der Waals surface area contributed by atoms with Crippen molar-refractivity contribution in [3.8, 4) is 0 Å². The van der Waals surface area contributed by atoms with E-state index in [4.69, 9.17) is 9.47 Å². The number of esters is 1. The first-order valence-electron chi connectivity index (χ1n) is 23.5. The smallest absolute Gasteiger partial charge is 0.313 e. The van der Waals surface area contributed by atoms with Crippen molar-refractivity contribution in [1.82, 2.24) is 30.0 Å². The Hall–Kier alpha value is -4.15. The van der Waals surface area contributed by atoms with Gasteiger partial charge in [0.1, 0.15) is 18.0 Å². The molecule has 0 unspecified atom stereocenters. The first-order valence-corrected chi connectivity index (χ1v) is 23.5. The van der Waals surface area contributed by atoms with Gasteiger partial charge in [0.25, 0.3) is 0 Å². The van der Waals surface area contributed by atoms with E-state index in [2.05, 4.69) is 131 Å². The quantitative estimate of drug-likeness (QED) is 0.117. The van der Waals surface area contributed by atoms with Gasteiger partial charge in [0.05, 0.1) is 50.2 Å². The number of nitrogens with zero attached hydrogens (tertiary/aromatic N) is 6. The topological polar surface area (TPSA) is 117 Å². The Kier molecular flexibility index (Phi) is 11.0. The molecule has 0 saturated heterocycles. The summed E-state index contributed by atoms with van der Waals surface area (Å²) in [5.74, 6) is 0.894. The third kappa shape index (κ3) is 7.38. The molecule has 0 radical (unpaired) electrons. The SMILES string of the molecule is Cc1cccc(Cn2cc(COC[C@@]3(C)[C@@H]4CC[C@]5(C)[C@H](CC=C6[C@@H]7CC(C)(C)CC[C@]7(C(=O)OCc7cn(Cc8cccc(C)c8)nn7)CC[C@]65C)[C@@]4(C)CC[C@@H]3O)nn2)c1. The first-order chi connectivity index (χ1) is 29.5. The van der Waals surface area contributed by atoms with Gasteiger partial charge in [-0.25, -0.2) is 9.36 Å². The highest BCUT2D eigenvalue weighted by Crippen LogP contribution is 2.76. The van der Waals surface area contributed by atoms with Crippen molar-refractivity contribution in [2.24, 2.45) is 50.2 Å². The molecule has 332 valence electrons. The number of ether oxygens (including phenoxy) is 2. The molecule has 4 aromatic rings. The van der Waals surface area contributed by atoms with Gasteiger partial charge in [0, 0.05) is 5.41 Å². The summed E-state index contributed by atoms with van der Waals surface area (Å²) in [5.41, 5.74) is 7.15. The van der Waals surface area contributed by atoms with Crippen LogP contribution in [-0.4, -0.2) is 53.8 Å². The van der Waals surface area contributed by atoms with Crippen LogP contribution in [0.3, 0.4) is 0 Å². The van der Waals surface area contributed by atoms with Crippen molar-refractivity contribution in [3.63, 3.8) is 0 Å². The highest BCUT2D eigenvalue weighted by Gasteiger charge is 2.70. The van der Waals surface area contributed by atoms with Crippen LogP contribution in [0.1, 0.15) is 139 Å². The van der Waals surface area contributed by atoms with Gasteiger partial charge in [0.2, 0.25) is 0 Å². The number of allylic oxidation sites excluding steroid dienone is 2. The fraction of sp³-hybridized carbons (Fsp3) is 0.635. The van der Waals surface area contributed by atoms with E-state index in [9.17, 15) is 9.90 Å². The molecule has 9 atom stereocenters. The van der Waals surface area contributed by atoms with Crippen molar-refractivity contribution in [2.45, 2.75) is 152 Å². The second-order valence-corrected chi connectivity index (χ2v) is 22.3. The molecule has 0 aliphatic heterocycles. The third-order valence-corrected chi connectivity index (χ3v) is 17.9. The standard InChI is InChI=1S/C52H70N6O4/c1-35-11-9-13-37(25-35)28-57-30-39(53-55-57)32-61-34-49(6)43-17-20-51(8)44(48(43,5)19-18-45(49)59)16-15-41-42-27-47(3,4)21-23-52(42,24-22-50(41,51)7)46(60)62-33-40-31-58(56-54-40)29-38-14-10-12-36(2)26-38/h9-15,25-26,30-31,42-45,59H,16-24,27-29,32-34H2,1-8H3/t42-,43+,44+,45-,48-,49-,50+,51+,52-/m0/s1. The maximum Gasteiger partial charge on any atom is 0.313 e. The molecule has 4 fully saturated rings. The molecule has 2 aromatic carbocycles. The molecule has 62 heavy (non-hydrogen) atoms. The molecule has 4 saturated carbocycles. The summed E-state index contributed by atoms with van der Waals surface area (Å²) in [6, 6.07) is 16.9. The number of carbonyl (C=O) groups is 1. The van der Waals surface area contributed by atoms with E-state index in [-0.39, 0.29) is 45.6 Å². The fourth-order valence-electron chi connectivity index (χ4n) is 14.2. The zero-order valence-electron chi connectivity index (χ0n) is 38.6. The average Bonchev–Trinajstić information content (AvgIpc) is 3.87. The lowest BCUT2D eigenvalue weighted by Gasteiger charge is -2.71. The van der Waals surface area contributed by atoms with E-state index in [1.54, 1.807) is 0 Å². The van der Waals surface area contributed by atoms with Gasteiger partial charge < -0.3 is 14.6 Å². The number of hydrogen-bond donors (Lipinski definition) is 1. The average molecular weight is 843 g/mol. The van der Waals surface area contributed by atoms with Crippen LogP contribution in [0.5, 0.6) is 0 Å². The molecule has 0 bridgehead atoms. The summed E-state index contributed by atoms with van der Waals surface area (Å²) in [4.78, 5) is 14.7. The number of aliphatic hydroxyl groups excluding tert-OH is 1. The molecule has 5 aliphatic carbocycles. The van der Waals surface area contributed by atoms with Crippen LogP contribution >= 0.6 is 0 Å². The van der Waals surface area contributed by atoms with Gasteiger partial charge in [0.15, 0.2) is 0 Å². The fourth-order valence-corrected chi connectivity index (χ4v) is 14.2. The number of aliphatic hydroxyl groups is 1. The summed E-state index contributed by atoms with van der Waals surface area (Å²) in [7, 11) is 0. The van der Waals surface area contributed by atoms with Crippen molar-refractivity contribution in [2.75, 3.05) is 6.61 Å². The highest BCUT2D eigenvalue weighted by atomic mass is 16.5. The zero-order valence-corrected chi connectivity index (χ0v) is 38.6. The van der Waals surface area contributed by atoms with Gasteiger partial charge in [-0.15, -0.1) is 10.2 Å². The molecule has 1 N–H and O–H groups in total. The van der Waals surface area contributed by atoms with Crippen LogP contribution in [0, 0.1) is 64.1 Å². The summed E-state index contributed by atoms with van der Waals surface area (Å²) in [6.45, 7) is 21.3. The van der Waals surface area contributed by atoms with Crippen LogP contribution in [0.2, 0.25) is 0 Å². The Labute approximate surface area is 369 Å². The summed E-state index contributed by atoms with van der Waals surface area (Å²) < 4.78 is 16.5. The van der Waals surface area contributed by atoms with E-state index >= 15 is 0 Å². The molecular formula is C52H70N6O4. The zero-order chi connectivity index (χ0) is 43.7. The minimum Gasteiger partial charge on any atom is -0.459 e. The molecule has 0 spiro atoms. The van der Waals surface area contributed by atoms with E-state index < -0.39 is 11.5 Å². The molecule has 0 amide bonds. The van der Waals surface area contributed by atoms with Crippen molar-refractivity contribution >= 4 is 5.97 Å². The normalized spacial score (nSPS) is 34.9. The Balaban J connectivity index is 0.912. The van der Waals surface area contributed by atoms with E-state index in [1.807, 2.05) is 21.8 Å². The first kappa shape index (κ1) is 43.1. The molecule has 5 aliphatic rings. The number of aryl methyl sites for hydroxylation is 2. The summed E-state index contributed by atoms with van der Waals surface area (Å²) in [6.07, 6.45) is 15.8. The maximum atomic E-state index is 14.7. The van der Waals surface area contributed by atoms with Crippen molar-refractivity contribution in [1.29, 1.82) is 0 Å². The van der Waals surface area contributed by atoms with Crippen LogP contribution in [-0.2, 0) is 40.6 Å². The van der Waals surface area contributed by atoms with E-state index in [1.165, 1.54) is 27.8 Å². The summed E-state index contributed by atoms with van der Waals surface area (Å²) in [5, 5.41) is 29.4. The van der Waals surface area contributed by atoms with Gasteiger partial charge in [-0.05, 0) is 129 Å². The van der Waals surface area contributed by atoms with E-state index in [0.717, 1.165) is 69.9 Å². The lowest BCUT2D eigenvalue weighted by molar-refractivity contribution is -0.221. The van der Waals surface area contributed by atoms with Crippen molar-refractivity contribution in [3.05, 3.63) is 106 Å². The number of hydrogen-bond acceptors (Lipinski definition) is 8. The third-order valence-electron chi connectivity index (χ3n) is 17.9. The number of benzene rings is 2. The molecule has 2 aromatic heterocycles. The molecular weight excluding hydrogens is 773 g/mol. The predicted molar refractivity (Wildman–Crippen MR) is 239 cm³/mol. The molecule has 10 heteroatoms. The lowest BCUT2D eigenvalue weighted by atomic mass is 9.33. The number of carbonyl (C=O) groups excluding carboxylic acids is 1. The van der Waals surface area contributed by atoms with Gasteiger partial charge in [-0.2, -0.15) is 0 Å². The number of rotatable bonds is 11. The van der Waals surface area contributed by atoms with E-state index in [0.29, 0.717) is 43.8 Å². The Bertz CT molecular complexity index is 2330. The lowest BCUT2D eigenvalue weighted by Crippen LogP contribution is -2.66. The molecule has 2 heterocycles. The summed E-state index contributed by atoms with van der Waals surface area (Å²) >= 11 is 0. The monoisotopic (exact) mass is 843 g/mol. The Morgan fingerprint density at radius 2 is 1.40 bits per heavy atom. The van der Waals surface area contributed by atoms with Crippen LogP contribution in [0.4, 0.5) is 0 Å². The molecule has 9 rings (SSSR count). The second kappa shape index (κ2) is 15.8. The Morgan fingerprint density at radius 3 is 2.05 bits per heavy atom. The minimum absolute atomic E-state index is 0.0303. The minimum atomic E-state index is -0.528. The van der Waals surface area contributed by atoms with Crippen molar-refractivity contribution < 1.29 is 19.4 Å². The van der Waals surface area contributed by atoms with Crippen LogP contribution in [0.25, 0.3) is 0 Å². The highest BCUT2D eigenvalue weighted by molar-refractivity contribution is 5.78. The van der Waals surface area contributed by atoms with Crippen LogP contribution in [0.15, 0.2) is 72.6 Å². The van der Waals surface area contributed by atoms with Gasteiger partial charge in [-0.1, -0.05) is 123 Å². The largest absolute Gasteiger partial charge is 0.459 e. The molecule has 10 nitrogen and oxygen atoms in total. The number of aromatic nitrogens is 6. The Morgan fingerprint density at radius 1 is 0.774 bits per heavy atom. The predicted octanol–water partition coefficient (Wildman–Crippen LogP) is 9.99. The number of fused-ring (bicyclic) bond motifs is 7. The van der Waals surface area contributed by atoms with Crippen LogP contribution < -0.4 is 0 Å². The van der Waals surface area contributed by atoms with Gasteiger partial charge >= 0.3 is 5.97 Å². The maximum absolute atomic E-state index is 14.7.